The van der Waals surface area contributed by atoms with Gasteiger partial charge < -0.3 is 30.8 Å². The Bertz CT molecular complexity index is 1540. The minimum atomic E-state index is -0.657. The maximum atomic E-state index is 13.5. The van der Waals surface area contributed by atoms with Crippen LogP contribution in [0.5, 0.6) is 0 Å². The summed E-state index contributed by atoms with van der Waals surface area (Å²) in [6.45, 7) is 18.7. The van der Waals surface area contributed by atoms with Crippen molar-refractivity contribution in [1.82, 2.24) is 14.8 Å². The molecule has 11 atom stereocenters. The van der Waals surface area contributed by atoms with E-state index >= 15 is 0 Å². The molecule has 7 rings (SSSR count). The van der Waals surface area contributed by atoms with E-state index < -0.39 is 34.2 Å². The number of carbonyl (C=O) groups excluding carboxylic acids is 1. The van der Waals surface area contributed by atoms with E-state index in [0.29, 0.717) is 45.4 Å². The molecule has 0 spiro atoms. The number of aliphatic carboxylic acids is 1. The number of hydrogen-bond donors (Lipinski definition) is 3. The van der Waals surface area contributed by atoms with Crippen LogP contribution in [0, 0.1) is 56.7 Å². The average Bonchev–Trinajstić information content (AvgIpc) is 3.55. The van der Waals surface area contributed by atoms with Gasteiger partial charge in [0, 0.05) is 29.6 Å². The molecule has 4 aliphatic carbocycles. The standard InChI is InChI=1S/C39H61N5O6/c1-23(2)24(3)34(4)12-13-36(6)25-8-9-28-35(5)19-49-21-39(28,26(25)10-11-37(36,7)29(34)33(46)47)18-27(44-32(31(40)45)42-22-43-44)30(35)50-20-38(41)14-16-48-17-15-38/h10,22-25,27-30H,8-9,11-21,41H2,1-7H3,(H2,40,45)(H,46,47)/t24-,25+,27-,28+,29-,30+,34-,35+,36-,37+,39+/m1/s1. The van der Waals surface area contributed by atoms with Gasteiger partial charge in [-0.3, -0.25) is 9.59 Å². The van der Waals surface area contributed by atoms with Crippen LogP contribution in [-0.4, -0.2) is 76.4 Å². The van der Waals surface area contributed by atoms with E-state index in [1.807, 2.05) is 0 Å². The number of fused-ring (bicyclic) bond motifs is 3. The summed E-state index contributed by atoms with van der Waals surface area (Å²) in [5.41, 5.74) is 12.1. The molecule has 278 valence electrons. The predicted molar refractivity (Wildman–Crippen MR) is 188 cm³/mol. The van der Waals surface area contributed by atoms with E-state index in [4.69, 9.17) is 25.7 Å². The molecule has 3 heterocycles. The van der Waals surface area contributed by atoms with E-state index in [9.17, 15) is 14.7 Å². The predicted octanol–water partition coefficient (Wildman–Crippen LogP) is 5.40. The lowest BCUT2D eigenvalue weighted by Gasteiger charge is -2.71. The largest absolute Gasteiger partial charge is 0.481 e. The first-order chi connectivity index (χ1) is 23.5. The highest BCUT2D eigenvalue weighted by Crippen LogP contribution is 2.75. The van der Waals surface area contributed by atoms with Crippen molar-refractivity contribution in [3.05, 3.63) is 23.8 Å². The van der Waals surface area contributed by atoms with Crippen LogP contribution in [0.15, 0.2) is 18.0 Å². The minimum absolute atomic E-state index is 0.134. The molecule has 2 bridgehead atoms. The topological polar surface area (TPSA) is 165 Å². The zero-order chi connectivity index (χ0) is 36.1. The summed E-state index contributed by atoms with van der Waals surface area (Å²) in [6, 6.07) is -0.317. The molecular formula is C39H61N5O6. The minimum Gasteiger partial charge on any atom is -0.481 e. The van der Waals surface area contributed by atoms with Gasteiger partial charge in [0.1, 0.15) is 6.33 Å². The molecule has 5 fully saturated rings. The number of amides is 1. The first kappa shape index (κ1) is 36.0. The van der Waals surface area contributed by atoms with Crippen LogP contribution in [0.25, 0.3) is 0 Å². The number of primary amides is 1. The van der Waals surface area contributed by atoms with E-state index in [-0.39, 0.29) is 52.0 Å². The van der Waals surface area contributed by atoms with Crippen LogP contribution < -0.4 is 11.5 Å². The lowest BCUT2D eigenvalue weighted by Crippen LogP contribution is -2.69. The first-order valence-corrected chi connectivity index (χ1v) is 19.2. The fraction of sp³-hybridized carbons (Fsp3) is 0.846. The number of carboxylic acids is 1. The molecule has 11 nitrogen and oxygen atoms in total. The molecule has 2 aliphatic heterocycles. The first-order valence-electron chi connectivity index (χ1n) is 19.2. The van der Waals surface area contributed by atoms with Gasteiger partial charge >= 0.3 is 5.97 Å². The van der Waals surface area contributed by atoms with Gasteiger partial charge in [-0.2, -0.15) is 5.10 Å². The van der Waals surface area contributed by atoms with Crippen LogP contribution in [-0.2, 0) is 19.0 Å². The Morgan fingerprint density at radius 3 is 2.42 bits per heavy atom. The Labute approximate surface area is 297 Å². The Kier molecular flexibility index (Phi) is 8.72. The third-order valence-corrected chi connectivity index (χ3v) is 16.2. The zero-order valence-electron chi connectivity index (χ0n) is 31.4. The van der Waals surface area contributed by atoms with Crippen molar-refractivity contribution in [1.29, 1.82) is 0 Å². The highest BCUT2D eigenvalue weighted by atomic mass is 16.5. The Balaban J connectivity index is 1.32. The van der Waals surface area contributed by atoms with Crippen molar-refractivity contribution < 1.29 is 28.9 Å². The number of nitrogens with zero attached hydrogens (tertiary/aromatic N) is 3. The highest BCUT2D eigenvalue weighted by molar-refractivity contribution is 5.89. The molecule has 2 saturated heterocycles. The number of carboxylic acid groups (broad SMARTS) is 1. The van der Waals surface area contributed by atoms with Gasteiger partial charge in [0.25, 0.3) is 5.91 Å². The van der Waals surface area contributed by atoms with Gasteiger partial charge in [-0.15, -0.1) is 0 Å². The number of rotatable bonds is 8. The van der Waals surface area contributed by atoms with Gasteiger partial charge in [-0.25, -0.2) is 9.67 Å². The van der Waals surface area contributed by atoms with E-state index in [1.165, 1.54) is 11.9 Å². The van der Waals surface area contributed by atoms with Crippen molar-refractivity contribution >= 4 is 11.9 Å². The molecule has 1 aromatic rings. The zero-order valence-corrected chi connectivity index (χ0v) is 31.4. The second-order valence-corrected chi connectivity index (χ2v) is 18.7. The Morgan fingerprint density at radius 2 is 1.76 bits per heavy atom. The number of nitrogens with two attached hydrogens (primary N) is 2. The summed E-state index contributed by atoms with van der Waals surface area (Å²) in [5, 5.41) is 15.7. The number of hydrogen-bond acceptors (Lipinski definition) is 8. The molecule has 50 heavy (non-hydrogen) atoms. The Hall–Kier alpha value is -2.34. The monoisotopic (exact) mass is 695 g/mol. The van der Waals surface area contributed by atoms with E-state index in [0.717, 1.165) is 44.9 Å². The van der Waals surface area contributed by atoms with Gasteiger partial charge in [0.05, 0.1) is 37.9 Å². The SMILES string of the molecule is CC(C)[C@@H](C)[C@@]1(C)CC[C@]2(C)[C@H]3CC[C@@H]4[C@@]5(COC[C@]4(C)[C@@H](OCC4(N)CCOCC4)[C@H](n4ncnc4C(N)=O)C5)C3=CC[C@@]2(C)[C@@H]1C(=O)O. The molecule has 11 heteroatoms. The van der Waals surface area contributed by atoms with Gasteiger partial charge in [0.15, 0.2) is 0 Å². The van der Waals surface area contributed by atoms with Crippen LogP contribution >= 0.6 is 0 Å². The summed E-state index contributed by atoms with van der Waals surface area (Å²) in [5.74, 6) is -0.417. The van der Waals surface area contributed by atoms with Crippen molar-refractivity contribution in [2.45, 2.75) is 118 Å². The Morgan fingerprint density at radius 1 is 1.04 bits per heavy atom. The van der Waals surface area contributed by atoms with Crippen LogP contribution in [0.4, 0.5) is 0 Å². The van der Waals surface area contributed by atoms with Crippen LogP contribution in [0.2, 0.25) is 0 Å². The molecule has 1 amide bonds. The molecule has 1 aromatic heterocycles. The third kappa shape index (κ3) is 4.95. The lowest BCUT2D eigenvalue weighted by molar-refractivity contribution is -0.253. The maximum Gasteiger partial charge on any atom is 0.307 e. The summed E-state index contributed by atoms with van der Waals surface area (Å²) in [4.78, 5) is 30.5. The summed E-state index contributed by atoms with van der Waals surface area (Å²) >= 11 is 0. The number of allylic oxidation sites excluding steroid dienone is 1. The number of aromatic nitrogens is 3. The summed E-state index contributed by atoms with van der Waals surface area (Å²) < 4.78 is 21.0. The number of ether oxygens (including phenoxy) is 3. The van der Waals surface area contributed by atoms with Gasteiger partial charge in [0.2, 0.25) is 5.82 Å². The quantitative estimate of drug-likeness (QED) is 0.302. The van der Waals surface area contributed by atoms with Crippen molar-refractivity contribution in [2.24, 2.45) is 68.1 Å². The molecule has 6 aliphatic rings. The lowest BCUT2D eigenvalue weighted by atomic mass is 9.34. The fourth-order valence-corrected chi connectivity index (χ4v) is 13.0. The van der Waals surface area contributed by atoms with Crippen molar-refractivity contribution in [3.63, 3.8) is 0 Å². The summed E-state index contributed by atoms with van der Waals surface area (Å²) in [7, 11) is 0. The third-order valence-electron chi connectivity index (χ3n) is 16.2. The highest BCUT2D eigenvalue weighted by Gasteiger charge is 2.72. The summed E-state index contributed by atoms with van der Waals surface area (Å²) in [6.07, 6.45) is 10.3. The molecule has 0 unspecified atom stereocenters. The van der Waals surface area contributed by atoms with Crippen molar-refractivity contribution in [2.75, 3.05) is 33.0 Å². The normalized spacial score (nSPS) is 44.3. The van der Waals surface area contributed by atoms with Gasteiger partial charge in [-0.05, 0) is 91.3 Å². The van der Waals surface area contributed by atoms with E-state index in [1.54, 1.807) is 4.68 Å². The van der Waals surface area contributed by atoms with E-state index in [2.05, 4.69) is 64.6 Å². The van der Waals surface area contributed by atoms with Crippen molar-refractivity contribution in [3.8, 4) is 0 Å². The molecule has 3 saturated carbocycles. The van der Waals surface area contributed by atoms with Crippen LogP contribution in [0.3, 0.4) is 0 Å². The van der Waals surface area contributed by atoms with Gasteiger partial charge in [-0.1, -0.05) is 60.1 Å². The molecular weight excluding hydrogens is 634 g/mol. The number of carbonyl (C=O) groups is 2. The average molecular weight is 696 g/mol. The molecule has 5 N–H and O–H groups in total. The second kappa shape index (κ2) is 12.1. The maximum absolute atomic E-state index is 13.5. The molecule has 0 radical (unpaired) electrons. The smallest absolute Gasteiger partial charge is 0.307 e. The molecule has 0 aromatic carbocycles. The van der Waals surface area contributed by atoms with Crippen LogP contribution in [0.1, 0.15) is 116 Å². The fourth-order valence-electron chi connectivity index (χ4n) is 13.0. The second-order valence-electron chi connectivity index (χ2n) is 18.7.